The van der Waals surface area contributed by atoms with E-state index >= 15 is 0 Å². The van der Waals surface area contributed by atoms with Gasteiger partial charge in [0.05, 0.1) is 0 Å². The molecule has 0 spiro atoms. The zero-order valence-corrected chi connectivity index (χ0v) is 10.9. The molecule has 1 amide bonds. The van der Waals surface area contributed by atoms with E-state index in [1.54, 1.807) is 0 Å². The third kappa shape index (κ3) is 2.32. The summed E-state index contributed by atoms with van der Waals surface area (Å²) in [6.45, 7) is 2.79. The van der Waals surface area contributed by atoms with E-state index in [0.29, 0.717) is 0 Å². The topological polar surface area (TPSA) is 57.6 Å². The first-order valence-electron chi connectivity index (χ1n) is 6.16. The molecule has 0 bridgehead atoms. The van der Waals surface area contributed by atoms with Gasteiger partial charge in [0, 0.05) is 13.0 Å². The number of hydrogen-bond donors (Lipinski definition) is 1. The molecule has 5 heteroatoms. The maximum atomic E-state index is 13.3. The lowest BCUT2D eigenvalue weighted by Crippen LogP contribution is -2.53. The van der Waals surface area contributed by atoms with Crippen LogP contribution in [0.5, 0.6) is 0 Å². The van der Waals surface area contributed by atoms with Crippen molar-refractivity contribution in [2.75, 3.05) is 0 Å². The molecule has 1 unspecified atom stereocenters. The van der Waals surface area contributed by atoms with Crippen LogP contribution in [0.2, 0.25) is 0 Å². The van der Waals surface area contributed by atoms with E-state index in [2.05, 4.69) is 0 Å². The van der Waals surface area contributed by atoms with Gasteiger partial charge in [-0.25, -0.2) is 9.18 Å². The van der Waals surface area contributed by atoms with Gasteiger partial charge in [-0.1, -0.05) is 12.1 Å². The van der Waals surface area contributed by atoms with Crippen molar-refractivity contribution in [1.82, 2.24) is 4.90 Å². The lowest BCUT2D eigenvalue weighted by atomic mass is 9.89. The maximum Gasteiger partial charge on any atom is 0.334 e. The Morgan fingerprint density at radius 3 is 2.47 bits per heavy atom. The van der Waals surface area contributed by atoms with Gasteiger partial charge in [0.25, 0.3) is 0 Å². The van der Waals surface area contributed by atoms with Gasteiger partial charge >= 0.3 is 5.97 Å². The largest absolute Gasteiger partial charge is 0.479 e. The number of carbonyl (C=O) groups excluding carboxylic acids is 1. The molecule has 1 aliphatic rings. The van der Waals surface area contributed by atoms with E-state index < -0.39 is 17.3 Å². The average molecular weight is 265 g/mol. The molecule has 1 saturated carbocycles. The summed E-state index contributed by atoms with van der Waals surface area (Å²) >= 11 is 0. The second-order valence-corrected chi connectivity index (χ2v) is 5.01. The summed E-state index contributed by atoms with van der Waals surface area (Å²) in [6, 6.07) is 5.35. The Bertz CT molecular complexity index is 527. The Kier molecular flexibility index (Phi) is 3.30. The molecule has 102 valence electrons. The summed E-state index contributed by atoms with van der Waals surface area (Å²) in [5.74, 6) is -1.97. The minimum atomic E-state index is -1.53. The molecule has 1 aromatic carbocycles. The van der Waals surface area contributed by atoms with Crippen LogP contribution >= 0.6 is 0 Å². The molecule has 1 fully saturated rings. The third-order valence-corrected chi connectivity index (χ3v) is 3.54. The molecule has 0 saturated heterocycles. The highest BCUT2D eigenvalue weighted by Crippen LogP contribution is 2.39. The van der Waals surface area contributed by atoms with E-state index in [4.69, 9.17) is 0 Å². The summed E-state index contributed by atoms with van der Waals surface area (Å²) in [5.41, 5.74) is -1.25. The predicted molar refractivity (Wildman–Crippen MR) is 66.9 cm³/mol. The Balaban J connectivity index is 2.53. The molecular weight excluding hydrogens is 249 g/mol. The molecule has 0 radical (unpaired) electrons. The normalized spacial score (nSPS) is 17.6. The van der Waals surface area contributed by atoms with Crippen molar-refractivity contribution in [2.45, 2.75) is 38.3 Å². The SMILES string of the molecule is CC(=O)N(C1CC1)C(C)(C(=O)O)c1cccc(F)c1. The van der Waals surface area contributed by atoms with Gasteiger partial charge in [0.2, 0.25) is 5.91 Å². The first kappa shape index (κ1) is 13.5. The van der Waals surface area contributed by atoms with Crippen LogP contribution in [0.15, 0.2) is 24.3 Å². The lowest BCUT2D eigenvalue weighted by molar-refractivity contribution is -0.159. The van der Waals surface area contributed by atoms with Crippen molar-refractivity contribution in [3.8, 4) is 0 Å². The number of rotatable bonds is 4. The Labute approximate surface area is 110 Å². The Morgan fingerprint density at radius 1 is 1.42 bits per heavy atom. The van der Waals surface area contributed by atoms with Crippen molar-refractivity contribution in [2.24, 2.45) is 0 Å². The third-order valence-electron chi connectivity index (χ3n) is 3.54. The molecule has 19 heavy (non-hydrogen) atoms. The fraction of sp³-hybridized carbons (Fsp3) is 0.429. The van der Waals surface area contributed by atoms with Gasteiger partial charge < -0.3 is 10.0 Å². The molecule has 2 rings (SSSR count). The molecule has 1 N–H and O–H groups in total. The van der Waals surface area contributed by atoms with Crippen LogP contribution in [0.4, 0.5) is 4.39 Å². The van der Waals surface area contributed by atoms with Crippen molar-refractivity contribution < 1.29 is 19.1 Å². The zero-order valence-electron chi connectivity index (χ0n) is 10.9. The van der Waals surface area contributed by atoms with Gasteiger partial charge in [-0.3, -0.25) is 4.79 Å². The van der Waals surface area contributed by atoms with Gasteiger partial charge in [-0.2, -0.15) is 0 Å². The highest BCUT2D eigenvalue weighted by Gasteiger charge is 2.49. The molecule has 0 heterocycles. The van der Waals surface area contributed by atoms with E-state index in [1.807, 2.05) is 0 Å². The molecular formula is C14H16FNO3. The molecule has 0 aromatic heterocycles. The van der Waals surface area contributed by atoms with Crippen LogP contribution < -0.4 is 0 Å². The maximum absolute atomic E-state index is 13.3. The first-order valence-corrected chi connectivity index (χ1v) is 6.16. The van der Waals surface area contributed by atoms with E-state index in [-0.39, 0.29) is 17.5 Å². The number of halogens is 1. The second-order valence-electron chi connectivity index (χ2n) is 5.01. The monoisotopic (exact) mass is 265 g/mol. The standard InChI is InChI=1S/C14H16FNO3/c1-9(17)16(12-6-7-12)14(2,13(18)19)10-4-3-5-11(15)8-10/h3-5,8,12H,6-7H2,1-2H3,(H,18,19). The van der Waals surface area contributed by atoms with Crippen molar-refractivity contribution in [3.63, 3.8) is 0 Å². The fourth-order valence-electron chi connectivity index (χ4n) is 2.43. The lowest BCUT2D eigenvalue weighted by Gasteiger charge is -2.38. The summed E-state index contributed by atoms with van der Waals surface area (Å²) in [6.07, 6.45) is 1.58. The molecule has 1 atom stereocenters. The molecule has 4 nitrogen and oxygen atoms in total. The van der Waals surface area contributed by atoms with Crippen LogP contribution in [-0.4, -0.2) is 27.9 Å². The van der Waals surface area contributed by atoms with Crippen LogP contribution in [0.25, 0.3) is 0 Å². The second kappa shape index (κ2) is 4.64. The Morgan fingerprint density at radius 2 is 2.05 bits per heavy atom. The number of amides is 1. The number of nitrogens with zero attached hydrogens (tertiary/aromatic N) is 1. The van der Waals surface area contributed by atoms with Gasteiger partial charge in [0.1, 0.15) is 5.82 Å². The van der Waals surface area contributed by atoms with E-state index in [9.17, 15) is 19.1 Å². The highest BCUT2D eigenvalue weighted by atomic mass is 19.1. The number of carboxylic acid groups (broad SMARTS) is 1. The minimum absolute atomic E-state index is 0.0677. The average Bonchev–Trinajstić information content (AvgIpc) is 3.12. The van der Waals surface area contributed by atoms with E-state index in [0.717, 1.165) is 12.8 Å². The number of hydrogen-bond acceptors (Lipinski definition) is 2. The predicted octanol–water partition coefficient (Wildman–Crippen LogP) is 2.14. The minimum Gasteiger partial charge on any atom is -0.479 e. The molecule has 1 aliphatic carbocycles. The number of carboxylic acids is 1. The van der Waals surface area contributed by atoms with Crippen LogP contribution in [-0.2, 0) is 15.1 Å². The van der Waals surface area contributed by atoms with Crippen LogP contribution in [0, 0.1) is 5.82 Å². The smallest absolute Gasteiger partial charge is 0.334 e. The van der Waals surface area contributed by atoms with Crippen LogP contribution in [0.1, 0.15) is 32.3 Å². The quantitative estimate of drug-likeness (QED) is 0.907. The van der Waals surface area contributed by atoms with Gasteiger partial charge in [0.15, 0.2) is 5.54 Å². The number of benzene rings is 1. The zero-order chi connectivity index (χ0) is 14.2. The van der Waals surface area contributed by atoms with Gasteiger partial charge in [-0.05, 0) is 37.5 Å². The van der Waals surface area contributed by atoms with Crippen LogP contribution in [0.3, 0.4) is 0 Å². The number of aliphatic carboxylic acids is 1. The van der Waals surface area contributed by atoms with E-state index in [1.165, 1.54) is 43.0 Å². The summed E-state index contributed by atoms with van der Waals surface area (Å²) in [7, 11) is 0. The molecule has 0 aliphatic heterocycles. The fourth-order valence-corrected chi connectivity index (χ4v) is 2.43. The van der Waals surface area contributed by atoms with Gasteiger partial charge in [-0.15, -0.1) is 0 Å². The van der Waals surface area contributed by atoms with Crippen molar-refractivity contribution >= 4 is 11.9 Å². The van der Waals surface area contributed by atoms with Crippen molar-refractivity contribution in [3.05, 3.63) is 35.6 Å². The summed E-state index contributed by atoms with van der Waals surface area (Å²) in [4.78, 5) is 24.8. The first-order chi connectivity index (χ1) is 8.87. The molecule has 1 aromatic rings. The highest BCUT2D eigenvalue weighted by molar-refractivity contribution is 5.87. The summed E-state index contributed by atoms with van der Waals surface area (Å²) < 4.78 is 13.3. The van der Waals surface area contributed by atoms with Crippen molar-refractivity contribution in [1.29, 1.82) is 0 Å². The summed E-state index contributed by atoms with van der Waals surface area (Å²) in [5, 5.41) is 9.56. The Hall–Kier alpha value is -1.91. The number of carbonyl (C=O) groups is 2.